The normalized spacial score (nSPS) is 27.7. The molecule has 2 aliphatic carbocycles. The number of carbonyl (C=O) groups excluding carboxylic acids is 3. The van der Waals surface area contributed by atoms with Gasteiger partial charge in [-0.2, -0.15) is 0 Å². The zero-order valence-electron chi connectivity index (χ0n) is 23.4. The van der Waals surface area contributed by atoms with Gasteiger partial charge in [-0.1, -0.05) is 46.7 Å². The van der Waals surface area contributed by atoms with Crippen LogP contribution in [0.4, 0.5) is 11.4 Å². The number of amides is 3. The Morgan fingerprint density at radius 3 is 2.36 bits per heavy atom. The van der Waals surface area contributed by atoms with Gasteiger partial charge in [-0.25, -0.2) is 0 Å². The van der Waals surface area contributed by atoms with E-state index in [2.05, 4.69) is 10.3 Å². The number of ether oxygens (including phenoxy) is 1. The molecule has 1 aromatic heterocycles. The molecule has 8 rings (SSSR count). The first-order valence-electron chi connectivity index (χ1n) is 14.6. The van der Waals surface area contributed by atoms with Crippen molar-refractivity contribution in [2.75, 3.05) is 16.8 Å². The van der Waals surface area contributed by atoms with E-state index in [-0.39, 0.29) is 64.0 Å². The van der Waals surface area contributed by atoms with Crippen LogP contribution in [-0.4, -0.2) is 34.6 Å². The van der Waals surface area contributed by atoms with Crippen LogP contribution < -0.4 is 19.8 Å². The molecule has 12 heteroatoms. The van der Waals surface area contributed by atoms with E-state index in [0.29, 0.717) is 27.2 Å². The summed E-state index contributed by atoms with van der Waals surface area (Å²) >= 11 is 14.9. The second-order valence-corrected chi connectivity index (χ2v) is 14.9. The van der Waals surface area contributed by atoms with E-state index in [1.165, 1.54) is 16.2 Å². The number of nitrogens with one attached hydrogen (secondary N) is 2. The first-order chi connectivity index (χ1) is 21.8. The molecule has 0 spiro atoms. The fraction of sp³-hybridized carbons (Fsp3) is 0.273. The number of anilines is 2. The van der Waals surface area contributed by atoms with E-state index >= 15 is 0 Å². The number of carbonyl (C=O) groups is 3. The summed E-state index contributed by atoms with van der Waals surface area (Å²) < 4.78 is 5.91. The van der Waals surface area contributed by atoms with Crippen molar-refractivity contribution < 1.29 is 19.1 Å². The van der Waals surface area contributed by atoms with Gasteiger partial charge in [0, 0.05) is 31.8 Å². The number of benzene rings is 3. The molecule has 45 heavy (non-hydrogen) atoms. The maximum absolute atomic E-state index is 13.9. The van der Waals surface area contributed by atoms with Gasteiger partial charge in [-0.05, 0) is 90.4 Å². The molecule has 3 heterocycles. The molecular formula is C33H25Cl2N3O5S2. The molecule has 7 atom stereocenters. The SMILES string of the molecule is O=C(COc1cccc([C@H]2c3sc(=O)[nH]c3SC3C2[C@H]2C[C@@H]3C3C(=O)N(c4ccc(Cl)cc4)C(=O)C32)c1)Nc1ccc(Cl)cc1. The predicted molar refractivity (Wildman–Crippen MR) is 174 cm³/mol. The fourth-order valence-corrected chi connectivity index (χ4v) is 11.1. The third-order valence-corrected chi connectivity index (χ3v) is 12.6. The highest BCUT2D eigenvalue weighted by atomic mass is 35.5. The van der Waals surface area contributed by atoms with Gasteiger partial charge in [0.15, 0.2) is 6.61 Å². The molecule has 1 saturated heterocycles. The Morgan fingerprint density at radius 1 is 0.933 bits per heavy atom. The summed E-state index contributed by atoms with van der Waals surface area (Å²) in [6.45, 7) is -0.188. The number of hydrogen-bond donors (Lipinski definition) is 2. The van der Waals surface area contributed by atoms with E-state index < -0.39 is 5.92 Å². The lowest BCUT2D eigenvalue weighted by atomic mass is 9.68. The molecule has 3 fully saturated rings. The molecule has 3 amide bonds. The number of halogens is 2. The Hall–Kier alpha value is -3.57. The fourth-order valence-electron chi connectivity index (χ4n) is 7.91. The van der Waals surface area contributed by atoms with Crippen LogP contribution in [0, 0.1) is 29.6 Å². The summed E-state index contributed by atoms with van der Waals surface area (Å²) in [5.74, 6) is -0.988. The number of aromatic amines is 1. The molecule has 8 nitrogen and oxygen atoms in total. The van der Waals surface area contributed by atoms with Gasteiger partial charge in [0.05, 0.1) is 22.5 Å². The van der Waals surface area contributed by atoms with Crippen molar-refractivity contribution in [2.45, 2.75) is 22.6 Å². The molecule has 4 aliphatic rings. The number of imide groups is 1. The van der Waals surface area contributed by atoms with Crippen LogP contribution in [0.3, 0.4) is 0 Å². The summed E-state index contributed by atoms with van der Waals surface area (Å²) in [5.41, 5.74) is 2.11. The van der Waals surface area contributed by atoms with Crippen molar-refractivity contribution in [3.8, 4) is 5.75 Å². The van der Waals surface area contributed by atoms with Crippen LogP contribution >= 0.6 is 46.3 Å². The summed E-state index contributed by atoms with van der Waals surface area (Å²) in [6.07, 6.45) is 0.792. The quantitative estimate of drug-likeness (QED) is 0.228. The standard InChI is InChI=1S/C33H25Cl2N3O5S2/c34-16-4-8-18(9-5-16)36-23(39)14-43-20-3-1-2-15(12-20)24-25-21-13-22(28(25)44-30-29(24)45-33(42)37-30)27-26(21)31(40)38(32(27)41)19-10-6-17(35)7-11-19/h1-12,21-22,24-28H,13-14H2,(H,36,39)(H,37,42)/t21-,22-,24-,25?,26?,27?,28?/m1/s1. The third-order valence-electron chi connectivity index (χ3n) is 9.52. The van der Waals surface area contributed by atoms with Gasteiger partial charge in [0.25, 0.3) is 5.91 Å². The summed E-state index contributed by atoms with van der Waals surface area (Å²) in [4.78, 5) is 58.1. The minimum atomic E-state index is -0.407. The van der Waals surface area contributed by atoms with Gasteiger partial charge in [-0.3, -0.25) is 24.1 Å². The van der Waals surface area contributed by atoms with Gasteiger partial charge >= 0.3 is 4.87 Å². The number of rotatable bonds is 6. The number of hydrogen-bond acceptors (Lipinski definition) is 7. The lowest BCUT2D eigenvalue weighted by molar-refractivity contribution is -0.123. The topological polar surface area (TPSA) is 109 Å². The minimum Gasteiger partial charge on any atom is -0.484 e. The van der Waals surface area contributed by atoms with E-state index in [1.54, 1.807) is 66.4 Å². The summed E-state index contributed by atoms with van der Waals surface area (Å²) in [7, 11) is 0. The zero-order chi connectivity index (χ0) is 31.0. The minimum absolute atomic E-state index is 0.0128. The Bertz CT molecular complexity index is 1910. The first-order valence-corrected chi connectivity index (χ1v) is 17.0. The second kappa shape index (κ2) is 11.0. The van der Waals surface area contributed by atoms with Crippen LogP contribution in [0.15, 0.2) is 82.6 Å². The van der Waals surface area contributed by atoms with Crippen molar-refractivity contribution >= 4 is 75.4 Å². The van der Waals surface area contributed by atoms with Crippen molar-refractivity contribution in [1.82, 2.24) is 4.98 Å². The van der Waals surface area contributed by atoms with Crippen molar-refractivity contribution in [3.05, 3.63) is 103 Å². The summed E-state index contributed by atoms with van der Waals surface area (Å²) in [6, 6.07) is 21.3. The Kier molecular flexibility index (Phi) is 7.09. The number of nitrogens with zero attached hydrogens (tertiary/aromatic N) is 1. The molecule has 2 N–H and O–H groups in total. The zero-order valence-corrected chi connectivity index (χ0v) is 26.6. The van der Waals surface area contributed by atoms with E-state index in [9.17, 15) is 19.2 Å². The van der Waals surface area contributed by atoms with E-state index in [4.69, 9.17) is 27.9 Å². The van der Waals surface area contributed by atoms with Crippen molar-refractivity contribution in [1.29, 1.82) is 0 Å². The maximum atomic E-state index is 13.9. The van der Waals surface area contributed by atoms with E-state index in [1.807, 2.05) is 18.2 Å². The molecule has 4 aromatic rings. The molecule has 2 bridgehead atoms. The van der Waals surface area contributed by atoms with Gasteiger partial charge in [-0.15, -0.1) is 11.8 Å². The third kappa shape index (κ3) is 4.81. The van der Waals surface area contributed by atoms with Crippen molar-refractivity contribution in [3.63, 3.8) is 0 Å². The molecule has 228 valence electrons. The highest BCUT2D eigenvalue weighted by Gasteiger charge is 2.69. The molecule has 2 saturated carbocycles. The van der Waals surface area contributed by atoms with Crippen LogP contribution in [0.25, 0.3) is 0 Å². The Labute approximate surface area is 276 Å². The number of fused-ring (bicyclic) bond motifs is 9. The molecular weight excluding hydrogens is 653 g/mol. The maximum Gasteiger partial charge on any atom is 0.305 e. The van der Waals surface area contributed by atoms with Gasteiger partial charge in [0.1, 0.15) is 5.75 Å². The average Bonchev–Trinajstić information content (AvgIpc) is 3.77. The van der Waals surface area contributed by atoms with Crippen LogP contribution in [0.5, 0.6) is 5.75 Å². The highest BCUT2D eigenvalue weighted by Crippen LogP contribution is 2.68. The average molecular weight is 679 g/mol. The molecule has 2 aliphatic heterocycles. The molecule has 0 radical (unpaired) electrons. The molecule has 3 aromatic carbocycles. The number of aromatic nitrogens is 1. The largest absolute Gasteiger partial charge is 0.484 e. The van der Waals surface area contributed by atoms with Crippen LogP contribution in [0.1, 0.15) is 22.8 Å². The Balaban J connectivity index is 1.08. The second-order valence-electron chi connectivity index (χ2n) is 11.9. The number of thiazole rings is 1. The lowest BCUT2D eigenvalue weighted by Crippen LogP contribution is -2.42. The smallest absolute Gasteiger partial charge is 0.305 e. The van der Waals surface area contributed by atoms with Crippen LogP contribution in [-0.2, 0) is 14.4 Å². The predicted octanol–water partition coefficient (Wildman–Crippen LogP) is 6.44. The Morgan fingerprint density at radius 2 is 1.62 bits per heavy atom. The molecule has 4 unspecified atom stereocenters. The summed E-state index contributed by atoms with van der Waals surface area (Å²) in [5, 5.41) is 4.81. The van der Waals surface area contributed by atoms with Gasteiger partial charge in [0.2, 0.25) is 11.8 Å². The monoisotopic (exact) mass is 677 g/mol. The van der Waals surface area contributed by atoms with E-state index in [0.717, 1.165) is 21.9 Å². The van der Waals surface area contributed by atoms with Gasteiger partial charge < -0.3 is 15.0 Å². The number of thioether (sulfide) groups is 1. The first kappa shape index (κ1) is 28.9. The van der Waals surface area contributed by atoms with Crippen molar-refractivity contribution in [2.24, 2.45) is 29.6 Å². The highest BCUT2D eigenvalue weighted by molar-refractivity contribution is 8.00. The lowest BCUT2D eigenvalue weighted by Gasteiger charge is -2.43. The van der Waals surface area contributed by atoms with Crippen LogP contribution in [0.2, 0.25) is 10.0 Å². The number of H-pyrrole nitrogens is 1.